The Hall–Kier alpha value is -3.15. The van der Waals surface area contributed by atoms with E-state index in [1.807, 2.05) is 0 Å². The van der Waals surface area contributed by atoms with E-state index in [1.54, 1.807) is 48.5 Å². The Balaban J connectivity index is 2.33. The fourth-order valence-electron chi connectivity index (χ4n) is 3.09. The van der Waals surface area contributed by atoms with Crippen molar-refractivity contribution in [3.05, 3.63) is 87.1 Å². The van der Waals surface area contributed by atoms with E-state index in [0.717, 1.165) is 0 Å². The minimum absolute atomic E-state index is 0.193. The molecule has 1 aliphatic carbocycles. The van der Waals surface area contributed by atoms with Crippen LogP contribution in [-0.4, -0.2) is 21.1 Å². The summed E-state index contributed by atoms with van der Waals surface area (Å²) in [7, 11) is 0. The summed E-state index contributed by atoms with van der Waals surface area (Å²) in [5.41, 5.74) is 0.561. The Kier molecular flexibility index (Phi) is 3.57. The van der Waals surface area contributed by atoms with Gasteiger partial charge in [0.25, 0.3) is 5.70 Å². The third-order valence-corrected chi connectivity index (χ3v) is 4.04. The van der Waals surface area contributed by atoms with Gasteiger partial charge >= 0.3 is 5.97 Å². The Morgan fingerprint density at radius 1 is 1.04 bits per heavy atom. The maximum absolute atomic E-state index is 11.8. The summed E-state index contributed by atoms with van der Waals surface area (Å²) in [4.78, 5) is 22.7. The first-order valence-electron chi connectivity index (χ1n) is 6.97. The van der Waals surface area contributed by atoms with Crippen molar-refractivity contribution < 1.29 is 19.9 Å². The second-order valence-corrected chi connectivity index (χ2v) is 5.28. The summed E-state index contributed by atoms with van der Waals surface area (Å²) in [6.45, 7) is 0. The number of carboxylic acids is 1. The number of hydrogen-bond acceptors (Lipinski definition) is 4. The summed E-state index contributed by atoms with van der Waals surface area (Å²) in [6.07, 6.45) is 0. The highest BCUT2D eigenvalue weighted by molar-refractivity contribution is 5.84. The number of carboxylic acid groups (broad SMARTS) is 1. The van der Waals surface area contributed by atoms with Crippen molar-refractivity contribution >= 4 is 11.7 Å². The Morgan fingerprint density at radius 3 is 2.26 bits per heavy atom. The van der Waals surface area contributed by atoms with E-state index in [0.29, 0.717) is 11.1 Å². The average molecular weight is 311 g/mol. The molecule has 0 saturated carbocycles. The van der Waals surface area contributed by atoms with Crippen LogP contribution < -0.4 is 0 Å². The maximum atomic E-state index is 11.8. The number of hydrogen-bond donors (Lipinski definition) is 2. The molecule has 2 aromatic carbocycles. The first-order chi connectivity index (χ1) is 11.0. The molecule has 0 aliphatic heterocycles. The maximum Gasteiger partial charge on any atom is 0.312 e. The minimum atomic E-state index is -1.17. The third kappa shape index (κ3) is 2.34. The molecule has 0 bridgehead atoms. The Bertz CT molecular complexity index is 813. The van der Waals surface area contributed by atoms with Gasteiger partial charge in [0.05, 0.1) is 16.8 Å². The van der Waals surface area contributed by atoms with Crippen LogP contribution in [0.15, 0.2) is 60.3 Å². The largest absolute Gasteiger partial charge is 0.502 e. The second-order valence-electron chi connectivity index (χ2n) is 5.28. The minimum Gasteiger partial charge on any atom is -0.502 e. The van der Waals surface area contributed by atoms with Crippen molar-refractivity contribution in [1.82, 2.24) is 0 Å². The molecule has 0 radical (unpaired) electrons. The van der Waals surface area contributed by atoms with Crippen molar-refractivity contribution in [1.29, 1.82) is 0 Å². The monoisotopic (exact) mass is 311 g/mol. The van der Waals surface area contributed by atoms with Gasteiger partial charge in [-0.1, -0.05) is 54.6 Å². The molecule has 23 heavy (non-hydrogen) atoms. The van der Waals surface area contributed by atoms with Crippen LogP contribution in [0.5, 0.6) is 0 Å². The number of rotatable bonds is 3. The van der Waals surface area contributed by atoms with E-state index in [4.69, 9.17) is 0 Å². The molecule has 2 aromatic rings. The summed E-state index contributed by atoms with van der Waals surface area (Å²) in [5.74, 6) is -3.83. The predicted octanol–water partition coefficient (Wildman–Crippen LogP) is 3.16. The van der Waals surface area contributed by atoms with E-state index < -0.39 is 34.2 Å². The van der Waals surface area contributed by atoms with Crippen LogP contribution in [0.2, 0.25) is 0 Å². The number of allylic oxidation sites excluding steroid dienone is 1. The standard InChI is InChI=1S/C17H13NO5/c19-16-12-9-5-4-8-11(12)14(17(20)21)13(15(16)18(22)23)10-6-2-1-3-7-10/h1-9,13-14,19H,(H,20,21). The van der Waals surface area contributed by atoms with Crippen LogP contribution in [0.4, 0.5) is 0 Å². The van der Waals surface area contributed by atoms with Crippen molar-refractivity contribution in [2.75, 3.05) is 0 Å². The number of carbonyl (C=O) groups is 1. The first-order valence-corrected chi connectivity index (χ1v) is 6.97. The lowest BCUT2D eigenvalue weighted by Gasteiger charge is -2.28. The molecule has 0 heterocycles. The van der Waals surface area contributed by atoms with E-state index in [1.165, 1.54) is 6.07 Å². The number of aliphatic carboxylic acids is 1. The molecule has 0 aromatic heterocycles. The molecule has 1 aliphatic rings. The molecule has 0 saturated heterocycles. The van der Waals surface area contributed by atoms with Crippen molar-refractivity contribution in [2.45, 2.75) is 11.8 Å². The van der Waals surface area contributed by atoms with Crippen LogP contribution in [0.3, 0.4) is 0 Å². The second kappa shape index (κ2) is 5.57. The van der Waals surface area contributed by atoms with Crippen LogP contribution in [0, 0.1) is 10.1 Å². The van der Waals surface area contributed by atoms with Gasteiger partial charge in [0.2, 0.25) is 0 Å². The predicted molar refractivity (Wildman–Crippen MR) is 82.5 cm³/mol. The van der Waals surface area contributed by atoms with Gasteiger partial charge in [0.15, 0.2) is 5.76 Å². The smallest absolute Gasteiger partial charge is 0.312 e. The van der Waals surface area contributed by atoms with Crippen molar-refractivity contribution in [3.63, 3.8) is 0 Å². The van der Waals surface area contributed by atoms with E-state index >= 15 is 0 Å². The number of benzene rings is 2. The van der Waals surface area contributed by atoms with Crippen molar-refractivity contribution in [2.24, 2.45) is 0 Å². The van der Waals surface area contributed by atoms with Crippen LogP contribution >= 0.6 is 0 Å². The quantitative estimate of drug-likeness (QED) is 0.670. The Labute approximate surface area is 131 Å². The number of fused-ring (bicyclic) bond motifs is 1. The Morgan fingerprint density at radius 2 is 1.65 bits per heavy atom. The summed E-state index contributed by atoms with van der Waals surface area (Å²) >= 11 is 0. The molecular weight excluding hydrogens is 298 g/mol. The van der Waals surface area contributed by atoms with Crippen LogP contribution in [0.1, 0.15) is 28.5 Å². The molecule has 2 N–H and O–H groups in total. The highest BCUT2D eigenvalue weighted by Gasteiger charge is 2.47. The number of nitrogens with zero attached hydrogens (tertiary/aromatic N) is 1. The van der Waals surface area contributed by atoms with Gasteiger partial charge in [-0.3, -0.25) is 14.9 Å². The molecule has 3 rings (SSSR count). The summed E-state index contributed by atoms with van der Waals surface area (Å²) in [5, 5.41) is 31.6. The fourth-order valence-corrected chi connectivity index (χ4v) is 3.09. The lowest BCUT2D eigenvalue weighted by Crippen LogP contribution is -2.29. The van der Waals surface area contributed by atoms with Gasteiger partial charge in [0.1, 0.15) is 0 Å². The van der Waals surface area contributed by atoms with Gasteiger partial charge in [-0.15, -0.1) is 0 Å². The van der Waals surface area contributed by atoms with Gasteiger partial charge < -0.3 is 10.2 Å². The number of aliphatic hydroxyl groups excluding tert-OH is 1. The van der Waals surface area contributed by atoms with E-state index in [9.17, 15) is 25.1 Å². The summed E-state index contributed by atoms with van der Waals surface area (Å²) < 4.78 is 0. The number of nitro groups is 1. The third-order valence-electron chi connectivity index (χ3n) is 4.04. The zero-order valence-electron chi connectivity index (χ0n) is 11.9. The highest BCUT2D eigenvalue weighted by Crippen LogP contribution is 2.47. The van der Waals surface area contributed by atoms with Gasteiger partial charge in [-0.05, 0) is 11.1 Å². The fraction of sp³-hybridized carbons (Fsp3) is 0.118. The van der Waals surface area contributed by atoms with E-state index in [-0.39, 0.29) is 5.56 Å². The van der Waals surface area contributed by atoms with E-state index in [2.05, 4.69) is 0 Å². The molecule has 0 spiro atoms. The molecule has 0 amide bonds. The van der Waals surface area contributed by atoms with Crippen LogP contribution in [0.25, 0.3) is 5.76 Å². The normalized spacial score (nSPS) is 20.0. The SMILES string of the molecule is O=C(O)C1c2ccccc2C(O)=C([N+](=O)[O-])C1c1ccccc1. The molecule has 2 atom stereocenters. The number of aliphatic hydroxyl groups is 1. The molecule has 116 valence electrons. The first kappa shape index (κ1) is 14.8. The van der Waals surface area contributed by atoms with Crippen LogP contribution in [-0.2, 0) is 4.79 Å². The zero-order valence-corrected chi connectivity index (χ0v) is 11.9. The lowest BCUT2D eigenvalue weighted by molar-refractivity contribution is -0.431. The van der Waals surface area contributed by atoms with Gasteiger partial charge in [0, 0.05) is 5.56 Å². The molecule has 6 nitrogen and oxygen atoms in total. The molecular formula is C17H13NO5. The molecule has 2 unspecified atom stereocenters. The highest BCUT2D eigenvalue weighted by atomic mass is 16.6. The molecule has 6 heteroatoms. The average Bonchev–Trinajstić information content (AvgIpc) is 2.54. The lowest BCUT2D eigenvalue weighted by atomic mass is 9.73. The topological polar surface area (TPSA) is 101 Å². The van der Waals surface area contributed by atoms with Gasteiger partial charge in [-0.25, -0.2) is 0 Å². The molecule has 0 fully saturated rings. The van der Waals surface area contributed by atoms with Gasteiger partial charge in [-0.2, -0.15) is 0 Å². The zero-order chi connectivity index (χ0) is 16.6. The summed E-state index contributed by atoms with van der Waals surface area (Å²) in [6, 6.07) is 14.7. The van der Waals surface area contributed by atoms with Crippen molar-refractivity contribution in [3.8, 4) is 0 Å².